The lowest BCUT2D eigenvalue weighted by Gasteiger charge is -2.36. The highest BCUT2D eigenvalue weighted by Crippen LogP contribution is 2.41. The second-order valence-electron chi connectivity index (χ2n) is 17.2. The molecule has 0 bridgehead atoms. The van der Waals surface area contributed by atoms with Crippen molar-refractivity contribution in [3.05, 3.63) is 0 Å². The van der Waals surface area contributed by atoms with E-state index in [2.05, 4.69) is 20.7 Å². The molecule has 2 saturated carbocycles. The molecule has 0 aromatic carbocycles. The molecule has 77 heavy (non-hydrogen) atoms. The summed E-state index contributed by atoms with van der Waals surface area (Å²) in [7, 11) is 0. The second-order valence-corrected chi connectivity index (χ2v) is 23.0. The van der Waals surface area contributed by atoms with E-state index < -0.39 is 77.6 Å². The molecule has 4 amide bonds. The Labute approximate surface area is 466 Å². The van der Waals surface area contributed by atoms with Gasteiger partial charge in [-0.15, -0.1) is 10.1 Å². The predicted octanol–water partition coefficient (Wildman–Crippen LogP) is 1.89. The molecule has 7 N–H and O–H groups in total. The molecule has 0 aromatic rings. The summed E-state index contributed by atoms with van der Waals surface area (Å²) in [5.74, 6) is -6.64. The topological polar surface area (TPSA) is 389 Å². The van der Waals surface area contributed by atoms with E-state index in [0.717, 1.165) is 19.3 Å². The van der Waals surface area contributed by atoms with Crippen molar-refractivity contribution in [2.45, 2.75) is 123 Å². The summed E-state index contributed by atoms with van der Waals surface area (Å²) in [6.07, 6.45) is 7.56. The van der Waals surface area contributed by atoms with Gasteiger partial charge in [-0.1, -0.05) is 0 Å². The van der Waals surface area contributed by atoms with Crippen molar-refractivity contribution >= 4 is 130 Å². The van der Waals surface area contributed by atoms with E-state index in [1.165, 1.54) is 18.2 Å². The maximum atomic E-state index is 12.1. The molecular weight excluding hydrogens is 1120 g/mol. The van der Waals surface area contributed by atoms with Crippen molar-refractivity contribution in [2.75, 3.05) is 75.5 Å². The fourth-order valence-electron chi connectivity index (χ4n) is 6.62. The number of carboxylic acids is 3. The lowest BCUT2D eigenvalue weighted by atomic mass is 9.99. The number of hydrogen-bond donors (Lipinski definition) is 5. The lowest BCUT2D eigenvalue weighted by Crippen LogP contribution is -2.38. The van der Waals surface area contributed by atoms with Gasteiger partial charge in [0.25, 0.3) is 30.1 Å². The van der Waals surface area contributed by atoms with Crippen molar-refractivity contribution in [2.24, 2.45) is 23.3 Å². The highest BCUT2D eigenvalue weighted by Gasteiger charge is 2.36. The molecule has 4 rings (SSSR count). The van der Waals surface area contributed by atoms with Crippen LogP contribution in [0, 0.1) is 11.8 Å². The minimum absolute atomic E-state index is 0.00149. The Hall–Kier alpha value is -4.05. The molecule has 0 aromatic heterocycles. The number of Topliss-reactive ketones (excluding diaryl/α,β-unsaturated/α-hetero) is 2. The molecule has 31 heteroatoms. The van der Waals surface area contributed by atoms with Crippen molar-refractivity contribution < 1.29 is 106 Å². The molecule has 2 aliphatic carbocycles. The van der Waals surface area contributed by atoms with Gasteiger partial charge in [0.2, 0.25) is 0 Å². The van der Waals surface area contributed by atoms with Crippen LogP contribution in [0.5, 0.6) is 0 Å². The molecular formula is C46H70N4O22S5. The number of thioether (sulfide) groups is 5. The number of ketones is 2. The van der Waals surface area contributed by atoms with Crippen molar-refractivity contribution in [1.29, 1.82) is 0 Å². The Morgan fingerprint density at radius 1 is 0.558 bits per heavy atom. The number of carboxylic acid groups (broad SMARTS) is 3. The maximum absolute atomic E-state index is 12.1. The molecule has 26 nitrogen and oxygen atoms in total. The zero-order valence-corrected chi connectivity index (χ0v) is 46.9. The van der Waals surface area contributed by atoms with Gasteiger partial charge in [0.15, 0.2) is 6.23 Å². The lowest BCUT2D eigenvalue weighted by molar-refractivity contribution is -0.199. The molecule has 8 unspecified atom stereocenters. The van der Waals surface area contributed by atoms with Gasteiger partial charge in [0, 0.05) is 95.4 Å². The number of aliphatic carboxylic acids is 3. The minimum atomic E-state index is -0.974. The van der Waals surface area contributed by atoms with E-state index in [9.17, 15) is 62.6 Å². The van der Waals surface area contributed by atoms with Crippen molar-refractivity contribution in [3.63, 3.8) is 0 Å². The van der Waals surface area contributed by atoms with E-state index in [4.69, 9.17) is 40.6 Å². The van der Waals surface area contributed by atoms with E-state index >= 15 is 0 Å². The quantitative estimate of drug-likeness (QED) is 0.0254. The number of nitrogens with zero attached hydrogens (tertiary/aromatic N) is 2. The van der Waals surface area contributed by atoms with E-state index in [1.54, 1.807) is 41.5 Å². The van der Waals surface area contributed by atoms with E-state index in [1.807, 2.05) is 11.8 Å². The molecule has 436 valence electrons. The summed E-state index contributed by atoms with van der Waals surface area (Å²) >= 11 is 8.11. The van der Waals surface area contributed by atoms with Crippen LogP contribution < -0.4 is 11.5 Å². The van der Waals surface area contributed by atoms with Crippen LogP contribution in [-0.4, -0.2) is 206 Å². The van der Waals surface area contributed by atoms with Crippen molar-refractivity contribution in [1.82, 2.24) is 10.1 Å². The Kier molecular flexibility index (Phi) is 35.3. The molecule has 4 aliphatic rings. The fraction of sp³-hybridized carbons (Fsp3) is 0.739. The van der Waals surface area contributed by atoms with Crippen LogP contribution in [0.2, 0.25) is 0 Å². The summed E-state index contributed by atoms with van der Waals surface area (Å²) in [6.45, 7) is 0.108. The number of rotatable bonds is 39. The number of hydroxylamine groups is 4. The monoisotopic (exact) mass is 1190 g/mol. The highest BCUT2D eigenvalue weighted by atomic mass is 32.2. The third kappa shape index (κ3) is 28.6. The smallest absolute Gasteiger partial charge is 0.335 e. The number of hydrogen-bond acceptors (Lipinski definition) is 26. The zero-order chi connectivity index (χ0) is 57.3. The molecule has 4 fully saturated rings. The Bertz CT molecular complexity index is 1890. The zero-order valence-electron chi connectivity index (χ0n) is 42.9. The van der Waals surface area contributed by atoms with Gasteiger partial charge in [-0.2, -0.15) is 58.8 Å². The fourth-order valence-corrected chi connectivity index (χ4v) is 13.0. The van der Waals surface area contributed by atoms with Gasteiger partial charge < -0.3 is 54.4 Å². The number of imide groups is 2. The minimum Gasteiger partial charge on any atom is -0.481 e. The highest BCUT2D eigenvalue weighted by molar-refractivity contribution is 8.04. The summed E-state index contributed by atoms with van der Waals surface area (Å²) in [5, 5.41) is 30.0. The second kappa shape index (κ2) is 39.3. The summed E-state index contributed by atoms with van der Waals surface area (Å²) < 4.78 is 25.0. The van der Waals surface area contributed by atoms with Crippen LogP contribution in [0.3, 0.4) is 0 Å². The summed E-state index contributed by atoms with van der Waals surface area (Å²) in [5.41, 5.74) is 11.0. The number of carbonyl (C=O) groups is 12. The number of ether oxygens (including phenoxy) is 5. The van der Waals surface area contributed by atoms with Crippen LogP contribution in [0.15, 0.2) is 0 Å². The molecule has 0 radical (unpaired) electrons. The number of amides is 4. The first-order chi connectivity index (χ1) is 36.7. The largest absolute Gasteiger partial charge is 0.481 e. The van der Waals surface area contributed by atoms with Crippen LogP contribution in [0.25, 0.3) is 0 Å². The third-order valence-electron chi connectivity index (χ3n) is 11.3. The molecule has 2 saturated heterocycles. The van der Waals surface area contributed by atoms with Gasteiger partial charge in [0.05, 0.1) is 51.1 Å². The van der Waals surface area contributed by atoms with Gasteiger partial charge in [-0.25, -0.2) is 9.59 Å². The molecule has 8 atom stereocenters. The van der Waals surface area contributed by atoms with Gasteiger partial charge in [-0.05, 0) is 38.2 Å². The SMILES string of the molecule is CSCC(CC(=O)CCOCOCCC(=O)CC(CSC1CCC1SC)C(=O)O)C(=O)O.NC(CSC1CCC1SCC(N)C(=O)O)OC=O.O=C(CCOCOCCC(=O)ON1C(=O)CCC1=O)ON1C(=O)CCC1=O. The standard InChI is InChI=1S/C21H34O8S3.C15H18N2O10.C10H18N2O4S2/c1-30-11-14(20(24)25)9-16(22)5-7-28-13-29-8-6-17(23)10-15(21(26)27)12-32-19-4-3-18(19)31-2;18-10-1-2-11(19)16(10)26-14(22)5-7-24-9-25-8-6-15(23)27-17-12(20)3-4-13(17)21;11-6(10(14)15)3-17-7-1-2-8(7)18-4-9(12)16-5-13/h14-15,18-19H,3-13H2,1-2H3,(H,24,25)(H,26,27);1-9H2;5-9H,1-4,11-12H2,(H,14,15). The van der Waals surface area contributed by atoms with E-state index in [-0.39, 0.29) is 116 Å². The average molecular weight is 1190 g/mol. The van der Waals surface area contributed by atoms with Crippen LogP contribution in [0.1, 0.15) is 89.9 Å². The van der Waals surface area contributed by atoms with E-state index in [0.29, 0.717) is 60.6 Å². The third-order valence-corrected chi connectivity index (χ3v) is 18.2. The van der Waals surface area contributed by atoms with Gasteiger partial charge in [-0.3, -0.25) is 53.7 Å². The van der Waals surface area contributed by atoms with Crippen LogP contribution in [0.4, 0.5) is 0 Å². The first-order valence-corrected chi connectivity index (χ1v) is 30.2. The Balaban J connectivity index is 0.000000410. The first kappa shape index (κ1) is 69.1. The Morgan fingerprint density at radius 2 is 0.935 bits per heavy atom. The van der Waals surface area contributed by atoms with Gasteiger partial charge >= 0.3 is 29.8 Å². The molecule has 2 heterocycles. The summed E-state index contributed by atoms with van der Waals surface area (Å²) in [4.78, 5) is 144. The predicted molar refractivity (Wildman–Crippen MR) is 281 cm³/mol. The maximum Gasteiger partial charge on any atom is 0.335 e. The number of carbonyl (C=O) groups excluding carboxylic acids is 9. The summed E-state index contributed by atoms with van der Waals surface area (Å²) in [6, 6.07) is -0.804. The van der Waals surface area contributed by atoms with Gasteiger partial charge in [0.1, 0.15) is 31.2 Å². The average Bonchev–Trinajstić information content (AvgIpc) is 3.85. The first-order valence-electron chi connectivity index (χ1n) is 24.3. The number of nitrogens with two attached hydrogens (primary N) is 2. The van der Waals surface area contributed by atoms with Crippen LogP contribution >= 0.6 is 58.8 Å². The normalized spacial score (nSPS) is 20.2. The van der Waals surface area contributed by atoms with Crippen LogP contribution in [-0.2, 0) is 90.9 Å². The van der Waals surface area contributed by atoms with Crippen molar-refractivity contribution in [3.8, 4) is 0 Å². The Morgan fingerprint density at radius 3 is 1.30 bits per heavy atom. The molecule has 2 aliphatic heterocycles. The molecule has 0 spiro atoms.